The van der Waals surface area contributed by atoms with Gasteiger partial charge in [0, 0.05) is 6.20 Å². The molecule has 0 radical (unpaired) electrons. The number of hydrogen-bond acceptors (Lipinski definition) is 4. The molecule has 0 saturated heterocycles. The van der Waals surface area contributed by atoms with E-state index < -0.39 is 10.0 Å². The molecule has 0 spiro atoms. The van der Waals surface area contributed by atoms with Crippen LogP contribution in [0.25, 0.3) is 0 Å². The molecule has 0 fully saturated rings. The van der Waals surface area contributed by atoms with Crippen LogP contribution in [0.5, 0.6) is 5.75 Å². The normalized spacial score (nSPS) is 14.5. The number of sulfonamides is 1. The minimum atomic E-state index is -3.77. The van der Waals surface area contributed by atoms with E-state index in [-0.39, 0.29) is 28.2 Å². The zero-order chi connectivity index (χ0) is 15.0. The number of halogens is 2. The van der Waals surface area contributed by atoms with Gasteiger partial charge in [-0.05, 0) is 18.2 Å². The molecular formula is C13H10Cl2N2O3S. The van der Waals surface area contributed by atoms with Crippen LogP contribution in [0.2, 0.25) is 10.2 Å². The Labute approximate surface area is 132 Å². The monoisotopic (exact) mass is 344 g/mol. The van der Waals surface area contributed by atoms with Crippen LogP contribution in [0.15, 0.2) is 41.4 Å². The number of ether oxygens (including phenoxy) is 1. The van der Waals surface area contributed by atoms with Crippen molar-refractivity contribution in [3.05, 3.63) is 46.7 Å². The van der Waals surface area contributed by atoms with E-state index in [1.54, 1.807) is 24.3 Å². The molecule has 0 N–H and O–H groups in total. The molecule has 21 heavy (non-hydrogen) atoms. The Morgan fingerprint density at radius 3 is 2.76 bits per heavy atom. The molecular weight excluding hydrogens is 335 g/mol. The third-order valence-corrected chi connectivity index (χ3v) is 5.51. The summed E-state index contributed by atoms with van der Waals surface area (Å²) < 4.78 is 32.2. The Kier molecular flexibility index (Phi) is 3.69. The molecule has 110 valence electrons. The van der Waals surface area contributed by atoms with Crippen molar-refractivity contribution in [2.24, 2.45) is 0 Å². The van der Waals surface area contributed by atoms with Crippen molar-refractivity contribution in [1.29, 1.82) is 0 Å². The fourth-order valence-electron chi connectivity index (χ4n) is 2.07. The maximum absolute atomic E-state index is 12.7. The first-order valence-electron chi connectivity index (χ1n) is 6.06. The molecule has 1 aliphatic heterocycles. The molecule has 2 heterocycles. The molecule has 0 atom stereocenters. The average Bonchev–Trinajstić information content (AvgIpc) is 2.49. The molecule has 1 aromatic carbocycles. The van der Waals surface area contributed by atoms with E-state index in [1.807, 2.05) is 0 Å². The van der Waals surface area contributed by atoms with Crippen LogP contribution in [0.4, 0.5) is 5.69 Å². The summed E-state index contributed by atoms with van der Waals surface area (Å²) in [5.41, 5.74) is 0.495. The number of anilines is 1. The molecule has 0 unspecified atom stereocenters. The van der Waals surface area contributed by atoms with Crippen molar-refractivity contribution >= 4 is 38.9 Å². The second-order valence-corrected chi connectivity index (χ2v) is 6.96. The summed E-state index contributed by atoms with van der Waals surface area (Å²) in [5.74, 6) is 0.528. The number of benzene rings is 1. The van der Waals surface area contributed by atoms with Crippen LogP contribution in [0.1, 0.15) is 0 Å². The lowest BCUT2D eigenvalue weighted by atomic mass is 10.2. The Morgan fingerprint density at radius 2 is 2.00 bits per heavy atom. The summed E-state index contributed by atoms with van der Waals surface area (Å²) in [6, 6.07) is 8.25. The van der Waals surface area contributed by atoms with Crippen LogP contribution >= 0.6 is 23.2 Å². The quantitative estimate of drug-likeness (QED) is 0.785. The SMILES string of the molecule is O=S(=O)(c1cnc(Cl)c(Cl)c1)N1CCOc2ccccc21. The zero-order valence-electron chi connectivity index (χ0n) is 10.7. The van der Waals surface area contributed by atoms with Crippen LogP contribution in [-0.4, -0.2) is 26.6 Å². The van der Waals surface area contributed by atoms with Gasteiger partial charge in [0.25, 0.3) is 10.0 Å². The summed E-state index contributed by atoms with van der Waals surface area (Å²) in [5, 5.41) is 0.164. The van der Waals surface area contributed by atoms with Gasteiger partial charge in [0.1, 0.15) is 22.4 Å². The van der Waals surface area contributed by atoms with E-state index in [4.69, 9.17) is 27.9 Å². The molecule has 1 aromatic heterocycles. The average molecular weight is 345 g/mol. The highest BCUT2D eigenvalue weighted by molar-refractivity contribution is 7.92. The smallest absolute Gasteiger partial charge is 0.266 e. The maximum Gasteiger partial charge on any atom is 0.266 e. The van der Waals surface area contributed by atoms with Gasteiger partial charge in [-0.15, -0.1) is 0 Å². The molecule has 3 rings (SSSR count). The first-order valence-corrected chi connectivity index (χ1v) is 8.25. The van der Waals surface area contributed by atoms with E-state index >= 15 is 0 Å². The van der Waals surface area contributed by atoms with Crippen molar-refractivity contribution in [2.75, 3.05) is 17.5 Å². The van der Waals surface area contributed by atoms with Crippen molar-refractivity contribution in [3.63, 3.8) is 0 Å². The summed E-state index contributed by atoms with van der Waals surface area (Å²) in [7, 11) is -3.77. The van der Waals surface area contributed by atoms with Gasteiger partial charge in [-0.2, -0.15) is 0 Å². The third kappa shape index (κ3) is 2.54. The van der Waals surface area contributed by atoms with E-state index in [2.05, 4.69) is 4.98 Å². The summed E-state index contributed by atoms with van der Waals surface area (Å²) in [6.45, 7) is 0.505. The first-order chi connectivity index (χ1) is 10.00. The number of pyridine rings is 1. The maximum atomic E-state index is 12.7. The standard InChI is InChI=1S/C13H10Cl2N2O3S/c14-10-7-9(8-16-13(10)15)21(18,19)17-5-6-20-12-4-2-1-3-11(12)17/h1-4,7-8H,5-6H2. The van der Waals surface area contributed by atoms with Gasteiger partial charge >= 0.3 is 0 Å². The second-order valence-electron chi connectivity index (χ2n) is 4.34. The van der Waals surface area contributed by atoms with Crippen LogP contribution < -0.4 is 9.04 Å². The molecule has 0 aliphatic carbocycles. The van der Waals surface area contributed by atoms with Crippen LogP contribution in [0, 0.1) is 0 Å². The minimum Gasteiger partial charge on any atom is -0.489 e. The summed E-state index contributed by atoms with van der Waals surface area (Å²) in [6.07, 6.45) is 1.20. The Balaban J connectivity index is 2.09. The fraction of sp³-hybridized carbons (Fsp3) is 0.154. The van der Waals surface area contributed by atoms with E-state index in [1.165, 1.54) is 16.6 Å². The highest BCUT2D eigenvalue weighted by Crippen LogP contribution is 2.35. The predicted octanol–water partition coefficient (Wildman–Crippen LogP) is 2.98. The van der Waals surface area contributed by atoms with Gasteiger partial charge < -0.3 is 4.74 Å². The minimum absolute atomic E-state index is 0.00592. The van der Waals surface area contributed by atoms with Crippen molar-refractivity contribution in [2.45, 2.75) is 4.90 Å². The zero-order valence-corrected chi connectivity index (χ0v) is 13.0. The van der Waals surface area contributed by atoms with E-state index in [0.29, 0.717) is 11.4 Å². The lowest BCUT2D eigenvalue weighted by Crippen LogP contribution is -2.37. The number of para-hydroxylation sites is 2. The molecule has 1 aliphatic rings. The Bertz CT molecular complexity index is 796. The lowest BCUT2D eigenvalue weighted by molar-refractivity contribution is 0.316. The highest BCUT2D eigenvalue weighted by Gasteiger charge is 2.30. The van der Waals surface area contributed by atoms with Crippen LogP contribution in [-0.2, 0) is 10.0 Å². The molecule has 0 amide bonds. The Morgan fingerprint density at radius 1 is 1.24 bits per heavy atom. The highest BCUT2D eigenvalue weighted by atomic mass is 35.5. The van der Waals surface area contributed by atoms with Gasteiger partial charge in [-0.25, -0.2) is 13.4 Å². The van der Waals surface area contributed by atoms with E-state index in [9.17, 15) is 8.42 Å². The van der Waals surface area contributed by atoms with Crippen molar-refractivity contribution in [1.82, 2.24) is 4.98 Å². The van der Waals surface area contributed by atoms with Gasteiger partial charge in [0.05, 0.1) is 17.3 Å². The first kappa shape index (κ1) is 14.4. The van der Waals surface area contributed by atoms with Gasteiger partial charge in [0.2, 0.25) is 0 Å². The molecule has 8 heteroatoms. The van der Waals surface area contributed by atoms with Crippen molar-refractivity contribution < 1.29 is 13.2 Å². The van der Waals surface area contributed by atoms with Gasteiger partial charge in [-0.1, -0.05) is 35.3 Å². The lowest BCUT2D eigenvalue weighted by Gasteiger charge is -2.30. The van der Waals surface area contributed by atoms with Crippen LogP contribution in [0.3, 0.4) is 0 Å². The summed E-state index contributed by atoms with van der Waals surface area (Å²) in [4.78, 5) is 3.79. The topological polar surface area (TPSA) is 59.5 Å². The largest absolute Gasteiger partial charge is 0.489 e. The van der Waals surface area contributed by atoms with Gasteiger partial charge in [-0.3, -0.25) is 4.31 Å². The fourth-order valence-corrected chi connectivity index (χ4v) is 3.83. The number of rotatable bonds is 2. The van der Waals surface area contributed by atoms with E-state index in [0.717, 1.165) is 0 Å². The molecule has 0 saturated carbocycles. The Hall–Kier alpha value is -1.50. The number of aromatic nitrogens is 1. The van der Waals surface area contributed by atoms with Crippen molar-refractivity contribution in [3.8, 4) is 5.75 Å². The molecule has 0 bridgehead atoms. The number of hydrogen-bond donors (Lipinski definition) is 0. The number of nitrogens with zero attached hydrogens (tertiary/aromatic N) is 2. The molecule has 5 nitrogen and oxygen atoms in total. The summed E-state index contributed by atoms with van der Waals surface area (Å²) >= 11 is 11.6. The number of fused-ring (bicyclic) bond motifs is 1. The molecule has 2 aromatic rings. The second kappa shape index (κ2) is 5.36. The third-order valence-electron chi connectivity index (χ3n) is 3.05. The predicted molar refractivity (Wildman–Crippen MR) is 80.7 cm³/mol. The van der Waals surface area contributed by atoms with Gasteiger partial charge in [0.15, 0.2) is 0 Å².